The van der Waals surface area contributed by atoms with Crippen molar-refractivity contribution in [1.29, 1.82) is 5.26 Å². The van der Waals surface area contributed by atoms with E-state index in [0.29, 0.717) is 11.3 Å². The van der Waals surface area contributed by atoms with Crippen LogP contribution in [0.15, 0.2) is 40.8 Å². The minimum atomic E-state index is -0.405. The third kappa shape index (κ3) is 3.04. The molecule has 1 aliphatic rings. The lowest BCUT2D eigenvalue weighted by Crippen LogP contribution is -2.28. The molecule has 4 heteroatoms. The second-order valence-electron chi connectivity index (χ2n) is 5.37. The number of benzene rings is 1. The van der Waals surface area contributed by atoms with Gasteiger partial charge >= 0.3 is 0 Å². The summed E-state index contributed by atoms with van der Waals surface area (Å²) in [6, 6.07) is 12.0. The van der Waals surface area contributed by atoms with Crippen molar-refractivity contribution in [3.63, 3.8) is 0 Å². The van der Waals surface area contributed by atoms with E-state index in [0.717, 1.165) is 19.0 Å². The van der Waals surface area contributed by atoms with Crippen LogP contribution < -0.4 is 4.90 Å². The van der Waals surface area contributed by atoms with E-state index in [1.165, 1.54) is 25.3 Å². The highest BCUT2D eigenvalue weighted by atomic mass is 19.1. The van der Waals surface area contributed by atoms with Crippen molar-refractivity contribution >= 4 is 17.5 Å². The fourth-order valence-corrected chi connectivity index (χ4v) is 2.70. The predicted molar refractivity (Wildman–Crippen MR) is 84.7 cm³/mol. The van der Waals surface area contributed by atoms with Gasteiger partial charge in [0.25, 0.3) is 0 Å². The number of nitriles is 1. The Morgan fingerprint density at radius 3 is 2.64 bits per heavy atom. The highest BCUT2D eigenvalue weighted by molar-refractivity contribution is 5.89. The fraction of sp³-hybridized carbons (Fsp3) is 0.278. The van der Waals surface area contributed by atoms with E-state index in [9.17, 15) is 9.65 Å². The zero-order valence-corrected chi connectivity index (χ0v) is 12.3. The lowest BCUT2D eigenvalue weighted by Gasteiger charge is -2.25. The van der Waals surface area contributed by atoms with Gasteiger partial charge in [0.1, 0.15) is 11.6 Å². The van der Waals surface area contributed by atoms with Crippen molar-refractivity contribution in [3.05, 3.63) is 53.5 Å². The topological polar surface area (TPSA) is 40.2 Å². The van der Waals surface area contributed by atoms with E-state index in [1.807, 2.05) is 18.2 Å². The number of anilines is 1. The van der Waals surface area contributed by atoms with Gasteiger partial charge in [-0.05, 0) is 37.5 Å². The molecule has 2 heterocycles. The Kier molecular flexibility index (Phi) is 4.24. The minimum Gasteiger partial charge on any atom is -0.441 e. The van der Waals surface area contributed by atoms with Crippen molar-refractivity contribution in [1.82, 2.24) is 0 Å². The van der Waals surface area contributed by atoms with Crippen molar-refractivity contribution in [2.45, 2.75) is 19.3 Å². The molecule has 0 atom stereocenters. The van der Waals surface area contributed by atoms with Crippen LogP contribution in [0.25, 0.3) is 11.6 Å². The molecule has 1 saturated heterocycles. The Balaban J connectivity index is 1.86. The maximum absolute atomic E-state index is 13.8. The number of piperidine rings is 1. The zero-order valence-electron chi connectivity index (χ0n) is 12.3. The first-order chi connectivity index (χ1) is 10.8. The molecule has 0 N–H and O–H groups in total. The lowest BCUT2D eigenvalue weighted by atomic mass is 10.1. The number of allylic oxidation sites excluding steroid dienone is 1. The molecule has 1 aromatic heterocycles. The van der Waals surface area contributed by atoms with E-state index in [2.05, 4.69) is 4.90 Å². The highest BCUT2D eigenvalue weighted by Crippen LogP contribution is 2.26. The molecule has 0 bridgehead atoms. The van der Waals surface area contributed by atoms with Crippen LogP contribution in [0.3, 0.4) is 0 Å². The summed E-state index contributed by atoms with van der Waals surface area (Å²) in [4.78, 5) is 2.20. The smallest absolute Gasteiger partial charge is 0.196 e. The standard InChI is InChI=1S/C18H17FN2O/c19-17-7-3-2-6-16(17)14(13-20)12-15-8-9-18(22-15)21-10-4-1-5-11-21/h2-3,6-9,12H,1,4-5,10-11H2/b14-12-. The Morgan fingerprint density at radius 2 is 1.91 bits per heavy atom. The Morgan fingerprint density at radius 1 is 1.14 bits per heavy atom. The molecule has 1 fully saturated rings. The summed E-state index contributed by atoms with van der Waals surface area (Å²) in [5, 5.41) is 9.28. The molecular weight excluding hydrogens is 279 g/mol. The van der Waals surface area contributed by atoms with Crippen molar-refractivity contribution < 1.29 is 8.81 Å². The quantitative estimate of drug-likeness (QED) is 0.784. The molecule has 3 nitrogen and oxygen atoms in total. The molecule has 112 valence electrons. The molecule has 1 aromatic carbocycles. The average Bonchev–Trinajstić information content (AvgIpc) is 3.03. The zero-order chi connectivity index (χ0) is 15.4. The van der Waals surface area contributed by atoms with E-state index in [-0.39, 0.29) is 5.57 Å². The van der Waals surface area contributed by atoms with Crippen LogP contribution in [0, 0.1) is 17.1 Å². The van der Waals surface area contributed by atoms with Crippen molar-refractivity contribution in [3.8, 4) is 6.07 Å². The van der Waals surface area contributed by atoms with Crippen LogP contribution in [-0.4, -0.2) is 13.1 Å². The number of rotatable bonds is 3. The highest BCUT2D eigenvalue weighted by Gasteiger charge is 2.14. The van der Waals surface area contributed by atoms with Gasteiger partial charge < -0.3 is 9.32 Å². The van der Waals surface area contributed by atoms with Gasteiger partial charge in [-0.1, -0.05) is 18.2 Å². The van der Waals surface area contributed by atoms with Crippen LogP contribution in [-0.2, 0) is 0 Å². The number of hydrogen-bond acceptors (Lipinski definition) is 3. The first kappa shape index (κ1) is 14.4. The number of halogens is 1. The summed E-state index contributed by atoms with van der Waals surface area (Å²) < 4.78 is 19.6. The molecule has 0 unspecified atom stereocenters. The maximum atomic E-state index is 13.8. The summed E-state index contributed by atoms with van der Waals surface area (Å²) in [6.45, 7) is 1.99. The normalized spacial score (nSPS) is 15.6. The second-order valence-corrected chi connectivity index (χ2v) is 5.37. The minimum absolute atomic E-state index is 0.262. The third-order valence-corrected chi connectivity index (χ3v) is 3.85. The van der Waals surface area contributed by atoms with Gasteiger partial charge in [-0.3, -0.25) is 0 Å². The molecule has 1 aliphatic heterocycles. The molecule has 0 saturated carbocycles. The number of hydrogen-bond donors (Lipinski definition) is 0. The molecule has 3 rings (SSSR count). The average molecular weight is 296 g/mol. The number of nitrogens with zero attached hydrogens (tertiary/aromatic N) is 2. The van der Waals surface area contributed by atoms with E-state index in [4.69, 9.17) is 4.42 Å². The van der Waals surface area contributed by atoms with Crippen LogP contribution in [0.1, 0.15) is 30.6 Å². The van der Waals surface area contributed by atoms with E-state index in [1.54, 1.807) is 24.3 Å². The SMILES string of the molecule is N#C/C(=C/c1ccc(N2CCCCC2)o1)c1ccccc1F. The van der Waals surface area contributed by atoms with Crippen molar-refractivity contribution in [2.75, 3.05) is 18.0 Å². The maximum Gasteiger partial charge on any atom is 0.196 e. The van der Waals surface area contributed by atoms with Crippen LogP contribution in [0.5, 0.6) is 0 Å². The number of furan rings is 1. The van der Waals surface area contributed by atoms with Gasteiger partial charge in [0.15, 0.2) is 5.88 Å². The molecule has 0 spiro atoms. The Labute approximate surface area is 129 Å². The van der Waals surface area contributed by atoms with Gasteiger partial charge in [-0.2, -0.15) is 5.26 Å². The summed E-state index contributed by atoms with van der Waals surface area (Å²) in [5.74, 6) is 0.982. The van der Waals surface area contributed by atoms with Crippen LogP contribution in [0.4, 0.5) is 10.3 Å². The van der Waals surface area contributed by atoms with Gasteiger partial charge in [0, 0.05) is 24.7 Å². The first-order valence-electron chi connectivity index (χ1n) is 7.49. The fourth-order valence-electron chi connectivity index (χ4n) is 2.70. The Bertz CT molecular complexity index is 721. The monoisotopic (exact) mass is 296 g/mol. The molecular formula is C18H17FN2O. The van der Waals surface area contributed by atoms with Gasteiger partial charge in [-0.15, -0.1) is 0 Å². The molecule has 2 aromatic rings. The van der Waals surface area contributed by atoms with Gasteiger partial charge in [-0.25, -0.2) is 4.39 Å². The van der Waals surface area contributed by atoms with Crippen molar-refractivity contribution in [2.24, 2.45) is 0 Å². The Hall–Kier alpha value is -2.54. The van der Waals surface area contributed by atoms with Gasteiger partial charge in [0.2, 0.25) is 0 Å². The largest absolute Gasteiger partial charge is 0.441 e. The predicted octanol–water partition coefficient (Wildman–Crippen LogP) is 4.47. The van der Waals surface area contributed by atoms with Crippen LogP contribution in [0.2, 0.25) is 0 Å². The lowest BCUT2D eigenvalue weighted by molar-refractivity contribution is 0.496. The third-order valence-electron chi connectivity index (χ3n) is 3.85. The summed E-state index contributed by atoms with van der Waals surface area (Å²) in [5.41, 5.74) is 0.554. The van der Waals surface area contributed by atoms with Gasteiger partial charge in [0.05, 0.1) is 11.6 Å². The van der Waals surface area contributed by atoms with Crippen LogP contribution >= 0.6 is 0 Å². The van der Waals surface area contributed by atoms with E-state index >= 15 is 0 Å². The summed E-state index contributed by atoms with van der Waals surface area (Å²) in [6.07, 6.45) is 5.19. The molecule has 0 radical (unpaired) electrons. The first-order valence-corrected chi connectivity index (χ1v) is 7.49. The van der Waals surface area contributed by atoms with E-state index < -0.39 is 5.82 Å². The second kappa shape index (κ2) is 6.48. The summed E-state index contributed by atoms with van der Waals surface area (Å²) in [7, 11) is 0. The molecule has 0 aliphatic carbocycles. The molecule has 0 amide bonds. The molecule has 22 heavy (non-hydrogen) atoms. The summed E-state index contributed by atoms with van der Waals surface area (Å²) >= 11 is 0.